The SMILES string of the molecule is CCC(NCCCC(F)(F)F)c1ccco1. The summed E-state index contributed by atoms with van der Waals surface area (Å²) in [6.07, 6.45) is -2.35. The predicted octanol–water partition coefficient (Wildman–Crippen LogP) is 3.66. The van der Waals surface area contributed by atoms with E-state index in [2.05, 4.69) is 5.32 Å². The molecule has 2 nitrogen and oxygen atoms in total. The van der Waals surface area contributed by atoms with Crippen LogP contribution in [-0.2, 0) is 0 Å². The van der Waals surface area contributed by atoms with Crippen LogP contribution in [0, 0.1) is 0 Å². The average Bonchev–Trinajstić information content (AvgIpc) is 2.69. The van der Waals surface area contributed by atoms with Gasteiger partial charge in [0, 0.05) is 6.42 Å². The van der Waals surface area contributed by atoms with E-state index < -0.39 is 12.6 Å². The molecule has 1 aromatic heterocycles. The molecule has 0 saturated carbocycles. The van der Waals surface area contributed by atoms with E-state index >= 15 is 0 Å². The van der Waals surface area contributed by atoms with Gasteiger partial charge in [0.2, 0.25) is 0 Å². The summed E-state index contributed by atoms with van der Waals surface area (Å²) in [6.45, 7) is 2.31. The van der Waals surface area contributed by atoms with Gasteiger partial charge < -0.3 is 9.73 Å². The van der Waals surface area contributed by atoms with Gasteiger partial charge in [-0.3, -0.25) is 0 Å². The average molecular weight is 235 g/mol. The van der Waals surface area contributed by atoms with Gasteiger partial charge in [0.05, 0.1) is 12.3 Å². The summed E-state index contributed by atoms with van der Waals surface area (Å²) in [5, 5.41) is 3.05. The maximum absolute atomic E-state index is 11.9. The maximum atomic E-state index is 11.9. The number of nitrogens with one attached hydrogen (secondary N) is 1. The first-order chi connectivity index (χ1) is 7.53. The molecule has 1 N–H and O–H groups in total. The lowest BCUT2D eigenvalue weighted by Gasteiger charge is -2.14. The minimum Gasteiger partial charge on any atom is -0.468 e. The highest BCUT2D eigenvalue weighted by atomic mass is 19.4. The summed E-state index contributed by atoms with van der Waals surface area (Å²) in [5.74, 6) is 0.773. The van der Waals surface area contributed by atoms with E-state index in [1.54, 1.807) is 12.3 Å². The third-order valence-electron chi connectivity index (χ3n) is 2.32. The molecule has 1 atom stereocenters. The molecule has 0 aliphatic heterocycles. The van der Waals surface area contributed by atoms with Crippen LogP contribution in [0.25, 0.3) is 0 Å². The van der Waals surface area contributed by atoms with E-state index in [0.717, 1.165) is 12.2 Å². The van der Waals surface area contributed by atoms with Crippen molar-refractivity contribution in [3.8, 4) is 0 Å². The van der Waals surface area contributed by atoms with Crippen LogP contribution in [0.3, 0.4) is 0 Å². The van der Waals surface area contributed by atoms with Gasteiger partial charge in [-0.25, -0.2) is 0 Å². The van der Waals surface area contributed by atoms with Crippen LogP contribution in [0.2, 0.25) is 0 Å². The highest BCUT2D eigenvalue weighted by Crippen LogP contribution is 2.21. The van der Waals surface area contributed by atoms with Crippen molar-refractivity contribution in [3.63, 3.8) is 0 Å². The smallest absolute Gasteiger partial charge is 0.389 e. The van der Waals surface area contributed by atoms with Crippen LogP contribution >= 0.6 is 0 Å². The summed E-state index contributed by atoms with van der Waals surface area (Å²) in [4.78, 5) is 0. The zero-order chi connectivity index (χ0) is 12.0. The van der Waals surface area contributed by atoms with Gasteiger partial charge in [-0.15, -0.1) is 0 Å². The van der Waals surface area contributed by atoms with Gasteiger partial charge in [0.1, 0.15) is 5.76 Å². The Hall–Kier alpha value is -0.970. The Labute approximate surface area is 92.8 Å². The molecule has 0 fully saturated rings. The van der Waals surface area contributed by atoms with E-state index in [1.165, 1.54) is 0 Å². The fourth-order valence-corrected chi connectivity index (χ4v) is 1.50. The number of furan rings is 1. The molecule has 1 rings (SSSR count). The van der Waals surface area contributed by atoms with E-state index in [9.17, 15) is 13.2 Å². The Morgan fingerprint density at radius 3 is 2.69 bits per heavy atom. The molecule has 0 saturated heterocycles. The molecule has 1 aromatic rings. The molecule has 5 heteroatoms. The lowest BCUT2D eigenvalue weighted by atomic mass is 10.1. The lowest BCUT2D eigenvalue weighted by molar-refractivity contribution is -0.135. The van der Waals surface area contributed by atoms with Gasteiger partial charge in [0.15, 0.2) is 0 Å². The first-order valence-corrected chi connectivity index (χ1v) is 5.36. The third kappa shape index (κ3) is 4.70. The lowest BCUT2D eigenvalue weighted by Crippen LogP contribution is -2.22. The van der Waals surface area contributed by atoms with Crippen LogP contribution in [-0.4, -0.2) is 12.7 Å². The van der Waals surface area contributed by atoms with Gasteiger partial charge >= 0.3 is 6.18 Å². The highest BCUT2D eigenvalue weighted by Gasteiger charge is 2.26. The standard InChI is InChI=1S/C11H16F3NO/c1-2-9(10-5-3-8-16-10)15-7-4-6-11(12,13)14/h3,5,8-9,15H,2,4,6-7H2,1H3. The molecule has 1 unspecified atom stereocenters. The van der Waals surface area contributed by atoms with Crippen molar-refractivity contribution in [2.45, 2.75) is 38.4 Å². The quantitative estimate of drug-likeness (QED) is 0.761. The summed E-state index contributed by atoms with van der Waals surface area (Å²) >= 11 is 0. The van der Waals surface area contributed by atoms with Gasteiger partial charge in [-0.05, 0) is 31.5 Å². The van der Waals surface area contributed by atoms with Crippen molar-refractivity contribution < 1.29 is 17.6 Å². The molecular weight excluding hydrogens is 219 g/mol. The monoisotopic (exact) mass is 235 g/mol. The molecule has 0 aromatic carbocycles. The van der Waals surface area contributed by atoms with Crippen LogP contribution < -0.4 is 5.32 Å². The van der Waals surface area contributed by atoms with Gasteiger partial charge in [0.25, 0.3) is 0 Å². The normalized spacial score (nSPS) is 14.0. The fourth-order valence-electron chi connectivity index (χ4n) is 1.50. The Morgan fingerprint density at radius 2 is 2.19 bits per heavy atom. The molecule has 0 spiro atoms. The topological polar surface area (TPSA) is 25.2 Å². The molecule has 0 bridgehead atoms. The zero-order valence-corrected chi connectivity index (χ0v) is 9.18. The van der Waals surface area contributed by atoms with Crippen molar-refractivity contribution in [2.24, 2.45) is 0 Å². The summed E-state index contributed by atoms with van der Waals surface area (Å²) in [7, 11) is 0. The largest absolute Gasteiger partial charge is 0.468 e. The molecular formula is C11H16F3NO. The Bertz CT molecular complexity index is 282. The predicted molar refractivity (Wildman–Crippen MR) is 55.0 cm³/mol. The Morgan fingerprint density at radius 1 is 1.44 bits per heavy atom. The second-order valence-corrected chi connectivity index (χ2v) is 3.65. The van der Waals surface area contributed by atoms with E-state index in [-0.39, 0.29) is 12.5 Å². The van der Waals surface area contributed by atoms with E-state index in [1.807, 2.05) is 13.0 Å². The Kier molecular flexibility index (Phi) is 4.86. The number of alkyl halides is 3. The molecule has 16 heavy (non-hydrogen) atoms. The van der Waals surface area contributed by atoms with Crippen LogP contribution in [0.5, 0.6) is 0 Å². The van der Waals surface area contributed by atoms with Crippen molar-refractivity contribution in [3.05, 3.63) is 24.2 Å². The van der Waals surface area contributed by atoms with Gasteiger partial charge in [-0.2, -0.15) is 13.2 Å². The molecule has 0 aliphatic rings. The zero-order valence-electron chi connectivity index (χ0n) is 9.18. The Balaban J connectivity index is 2.25. The molecule has 0 radical (unpaired) electrons. The maximum Gasteiger partial charge on any atom is 0.389 e. The number of halogens is 3. The van der Waals surface area contributed by atoms with Crippen molar-refractivity contribution >= 4 is 0 Å². The summed E-state index contributed by atoms with van der Waals surface area (Å²) in [5.41, 5.74) is 0. The van der Waals surface area contributed by atoms with Gasteiger partial charge in [-0.1, -0.05) is 6.92 Å². The van der Waals surface area contributed by atoms with Crippen LogP contribution in [0.4, 0.5) is 13.2 Å². The molecule has 92 valence electrons. The summed E-state index contributed by atoms with van der Waals surface area (Å²) in [6, 6.07) is 3.60. The first kappa shape index (κ1) is 13.1. The molecule has 0 aliphatic carbocycles. The minimum atomic E-state index is -4.06. The molecule has 0 amide bonds. The third-order valence-corrected chi connectivity index (χ3v) is 2.32. The summed E-state index contributed by atoms with van der Waals surface area (Å²) < 4.78 is 40.9. The van der Waals surface area contributed by atoms with Crippen LogP contribution in [0.15, 0.2) is 22.8 Å². The second-order valence-electron chi connectivity index (χ2n) is 3.65. The number of rotatable bonds is 6. The number of hydrogen-bond acceptors (Lipinski definition) is 2. The van der Waals surface area contributed by atoms with Crippen molar-refractivity contribution in [1.29, 1.82) is 0 Å². The highest BCUT2D eigenvalue weighted by molar-refractivity contribution is 5.03. The minimum absolute atomic E-state index is 0.00299. The first-order valence-electron chi connectivity index (χ1n) is 5.36. The second kappa shape index (κ2) is 5.94. The van der Waals surface area contributed by atoms with Crippen molar-refractivity contribution in [1.82, 2.24) is 5.32 Å². The van der Waals surface area contributed by atoms with Crippen LogP contribution in [0.1, 0.15) is 38.0 Å². The van der Waals surface area contributed by atoms with Crippen molar-refractivity contribution in [2.75, 3.05) is 6.54 Å². The van der Waals surface area contributed by atoms with E-state index in [0.29, 0.717) is 6.54 Å². The van der Waals surface area contributed by atoms with E-state index in [4.69, 9.17) is 4.42 Å². The fraction of sp³-hybridized carbons (Fsp3) is 0.636. The molecule has 1 heterocycles. The number of hydrogen-bond donors (Lipinski definition) is 1.